The van der Waals surface area contributed by atoms with Crippen LogP contribution in [0.25, 0.3) is 11.0 Å². The summed E-state index contributed by atoms with van der Waals surface area (Å²) in [5.41, 5.74) is 0.948. The highest BCUT2D eigenvalue weighted by molar-refractivity contribution is 6.07. The Labute approximate surface area is 120 Å². The molecule has 0 saturated heterocycles. The van der Waals surface area contributed by atoms with Gasteiger partial charge in [0.05, 0.1) is 16.0 Å². The lowest BCUT2D eigenvalue weighted by atomic mass is 10.0. The smallest absolute Gasteiger partial charge is 0.289 e. The molecule has 0 bridgehead atoms. The summed E-state index contributed by atoms with van der Waals surface area (Å²) in [4.78, 5) is 22.6. The van der Waals surface area contributed by atoms with Gasteiger partial charge in [-0.05, 0) is 12.0 Å². The first-order chi connectivity index (χ1) is 9.97. The predicted molar refractivity (Wildman–Crippen MR) is 77.5 cm³/mol. The zero-order valence-electron chi connectivity index (χ0n) is 11.7. The van der Waals surface area contributed by atoms with Crippen molar-refractivity contribution in [3.05, 3.63) is 34.1 Å². The van der Waals surface area contributed by atoms with Crippen LogP contribution in [-0.4, -0.2) is 23.4 Å². The maximum absolute atomic E-state index is 12.2. The molecule has 0 saturated carbocycles. The van der Waals surface area contributed by atoms with Crippen molar-refractivity contribution in [2.75, 3.05) is 11.9 Å². The minimum Gasteiger partial charge on any atom is -0.449 e. The molecule has 2 N–H and O–H groups in total. The van der Waals surface area contributed by atoms with Crippen LogP contribution in [0.5, 0.6) is 0 Å². The minimum absolute atomic E-state index is 0.0196. The van der Waals surface area contributed by atoms with Gasteiger partial charge < -0.3 is 15.1 Å². The average molecular weight is 289 g/mol. The van der Waals surface area contributed by atoms with Crippen LogP contribution in [0.1, 0.15) is 24.4 Å². The number of hydrogen-bond acceptors (Lipinski definition) is 5. The first-order valence-electron chi connectivity index (χ1n) is 6.73. The largest absolute Gasteiger partial charge is 0.449 e. The molecule has 1 aromatic carbocycles. The lowest BCUT2D eigenvalue weighted by molar-refractivity contribution is -0.384. The van der Waals surface area contributed by atoms with Gasteiger partial charge in [0.15, 0.2) is 0 Å². The number of rotatable bonds is 2. The molecule has 1 aliphatic heterocycles. The molecule has 7 heteroatoms. The minimum atomic E-state index is -0.466. The molecule has 1 unspecified atom stereocenters. The Morgan fingerprint density at radius 1 is 1.43 bits per heavy atom. The van der Waals surface area contributed by atoms with E-state index in [-0.39, 0.29) is 29.3 Å². The fraction of sp³-hybridized carbons (Fsp3) is 0.357. The van der Waals surface area contributed by atoms with Crippen LogP contribution in [0, 0.1) is 16.0 Å². The highest BCUT2D eigenvalue weighted by Crippen LogP contribution is 2.34. The molecular weight excluding hydrogens is 274 g/mol. The molecule has 0 radical (unpaired) electrons. The molecule has 1 aliphatic rings. The number of nitro groups is 1. The van der Waals surface area contributed by atoms with Gasteiger partial charge in [0.25, 0.3) is 11.6 Å². The van der Waals surface area contributed by atoms with Gasteiger partial charge in [-0.1, -0.05) is 13.8 Å². The number of benzene rings is 1. The Kier molecular flexibility index (Phi) is 3.04. The van der Waals surface area contributed by atoms with Crippen molar-refractivity contribution >= 4 is 28.3 Å². The van der Waals surface area contributed by atoms with Crippen molar-refractivity contribution in [3.8, 4) is 0 Å². The molecule has 3 rings (SSSR count). The first kappa shape index (κ1) is 13.4. The van der Waals surface area contributed by atoms with Crippen LogP contribution in [0.2, 0.25) is 0 Å². The van der Waals surface area contributed by atoms with Crippen LogP contribution in [-0.2, 0) is 0 Å². The number of carbonyl (C=O) groups excluding carboxylic acids is 1. The van der Waals surface area contributed by atoms with Crippen molar-refractivity contribution in [2.45, 2.75) is 19.9 Å². The normalized spacial score (nSPS) is 18.0. The van der Waals surface area contributed by atoms with Gasteiger partial charge >= 0.3 is 0 Å². The Hall–Kier alpha value is -2.57. The maximum atomic E-state index is 12.2. The number of nitrogens with zero attached hydrogens (tertiary/aromatic N) is 1. The highest BCUT2D eigenvalue weighted by atomic mass is 16.6. The SMILES string of the molecule is CC(C)C1CNc2c(oc3ccc([N+](=O)[O-])cc23)C(=O)N1. The van der Waals surface area contributed by atoms with E-state index >= 15 is 0 Å². The quantitative estimate of drug-likeness (QED) is 0.654. The second-order valence-electron chi connectivity index (χ2n) is 5.45. The number of hydrogen-bond donors (Lipinski definition) is 2. The number of furan rings is 1. The molecule has 2 heterocycles. The summed E-state index contributed by atoms with van der Waals surface area (Å²) in [6.45, 7) is 4.58. The van der Waals surface area contributed by atoms with Crippen LogP contribution in [0.3, 0.4) is 0 Å². The number of nitro benzene ring substituents is 1. The van der Waals surface area contributed by atoms with Crippen LogP contribution in [0.4, 0.5) is 11.4 Å². The summed E-state index contributed by atoms with van der Waals surface area (Å²) >= 11 is 0. The first-order valence-corrected chi connectivity index (χ1v) is 6.73. The van der Waals surface area contributed by atoms with E-state index in [9.17, 15) is 14.9 Å². The predicted octanol–water partition coefficient (Wildman–Crippen LogP) is 2.52. The fourth-order valence-corrected chi connectivity index (χ4v) is 2.43. The Bertz CT molecular complexity index is 735. The summed E-state index contributed by atoms with van der Waals surface area (Å²) < 4.78 is 5.55. The second-order valence-corrected chi connectivity index (χ2v) is 5.45. The summed E-state index contributed by atoms with van der Waals surface area (Å²) in [5.74, 6) is 0.146. The van der Waals surface area contributed by atoms with E-state index < -0.39 is 4.92 Å². The van der Waals surface area contributed by atoms with Gasteiger partial charge in [0.2, 0.25) is 5.76 Å². The molecule has 2 aromatic rings. The third kappa shape index (κ3) is 2.20. The lowest BCUT2D eigenvalue weighted by Crippen LogP contribution is -2.40. The molecule has 0 spiro atoms. The number of amides is 1. The van der Waals surface area contributed by atoms with E-state index in [4.69, 9.17) is 4.42 Å². The van der Waals surface area contributed by atoms with Crippen molar-refractivity contribution in [3.63, 3.8) is 0 Å². The summed E-state index contributed by atoms with van der Waals surface area (Å²) in [7, 11) is 0. The fourth-order valence-electron chi connectivity index (χ4n) is 2.43. The van der Waals surface area contributed by atoms with E-state index in [0.717, 1.165) is 0 Å². The second kappa shape index (κ2) is 4.76. The zero-order chi connectivity index (χ0) is 15.1. The van der Waals surface area contributed by atoms with Gasteiger partial charge in [0, 0.05) is 24.7 Å². The van der Waals surface area contributed by atoms with Crippen LogP contribution >= 0.6 is 0 Å². The Morgan fingerprint density at radius 3 is 2.86 bits per heavy atom. The van der Waals surface area contributed by atoms with Gasteiger partial charge in [-0.2, -0.15) is 0 Å². The molecule has 1 amide bonds. The summed E-state index contributed by atoms with van der Waals surface area (Å²) in [6.07, 6.45) is 0. The number of fused-ring (bicyclic) bond motifs is 3. The Balaban J connectivity index is 2.10. The lowest BCUT2D eigenvalue weighted by Gasteiger charge is -2.19. The zero-order valence-corrected chi connectivity index (χ0v) is 11.7. The van der Waals surface area contributed by atoms with Crippen molar-refractivity contribution in [1.29, 1.82) is 0 Å². The number of anilines is 1. The van der Waals surface area contributed by atoms with Gasteiger partial charge in [-0.25, -0.2) is 0 Å². The molecule has 7 nitrogen and oxygen atoms in total. The highest BCUT2D eigenvalue weighted by Gasteiger charge is 2.28. The monoisotopic (exact) mass is 289 g/mol. The molecule has 1 atom stereocenters. The number of carbonyl (C=O) groups is 1. The van der Waals surface area contributed by atoms with Crippen molar-refractivity contribution in [1.82, 2.24) is 5.32 Å². The van der Waals surface area contributed by atoms with Gasteiger partial charge in [-0.15, -0.1) is 0 Å². The summed E-state index contributed by atoms with van der Waals surface area (Å²) in [6, 6.07) is 4.28. The summed E-state index contributed by atoms with van der Waals surface area (Å²) in [5, 5.41) is 17.5. The Morgan fingerprint density at radius 2 is 2.19 bits per heavy atom. The third-order valence-corrected chi connectivity index (χ3v) is 3.71. The molecule has 1 aromatic heterocycles. The number of non-ortho nitro benzene ring substituents is 1. The third-order valence-electron chi connectivity index (χ3n) is 3.71. The maximum Gasteiger partial charge on any atom is 0.289 e. The van der Waals surface area contributed by atoms with Crippen LogP contribution < -0.4 is 10.6 Å². The van der Waals surface area contributed by atoms with Crippen molar-refractivity contribution < 1.29 is 14.1 Å². The molecule has 21 heavy (non-hydrogen) atoms. The van der Waals surface area contributed by atoms with E-state index in [1.165, 1.54) is 18.2 Å². The molecular formula is C14H15N3O4. The topological polar surface area (TPSA) is 97.4 Å². The van der Waals surface area contributed by atoms with E-state index in [0.29, 0.717) is 23.2 Å². The standard InChI is InChI=1S/C14H15N3O4/c1-7(2)10-6-15-12-9-5-8(17(19)20)3-4-11(9)21-13(12)14(18)16-10/h3-5,7,10,15H,6H2,1-2H3,(H,16,18). The van der Waals surface area contributed by atoms with E-state index in [1.807, 2.05) is 13.8 Å². The molecule has 0 aliphatic carbocycles. The van der Waals surface area contributed by atoms with Gasteiger partial charge in [0.1, 0.15) is 5.58 Å². The molecule has 0 fully saturated rings. The van der Waals surface area contributed by atoms with Crippen molar-refractivity contribution in [2.24, 2.45) is 5.92 Å². The van der Waals surface area contributed by atoms with Crippen LogP contribution in [0.15, 0.2) is 22.6 Å². The molecule has 110 valence electrons. The van der Waals surface area contributed by atoms with E-state index in [1.54, 1.807) is 0 Å². The van der Waals surface area contributed by atoms with E-state index in [2.05, 4.69) is 10.6 Å². The number of nitrogens with one attached hydrogen (secondary N) is 2. The van der Waals surface area contributed by atoms with Gasteiger partial charge in [-0.3, -0.25) is 14.9 Å². The average Bonchev–Trinajstić information content (AvgIpc) is 2.72.